The zero-order valence-electron chi connectivity index (χ0n) is 10.1. The largest absolute Gasteiger partial charge is 0.397 e. The Balaban J connectivity index is 2.27. The molecule has 0 atom stereocenters. The Bertz CT molecular complexity index is 324. The topological polar surface area (TPSA) is 38.0 Å². The van der Waals surface area contributed by atoms with Crippen LogP contribution in [0.15, 0.2) is 22.7 Å². The summed E-state index contributed by atoms with van der Waals surface area (Å²) in [5.41, 5.74) is 7.73. The van der Waals surface area contributed by atoms with Crippen LogP contribution in [0.4, 0.5) is 11.4 Å². The van der Waals surface area contributed by atoms with Crippen molar-refractivity contribution in [3.63, 3.8) is 0 Å². The Morgan fingerprint density at radius 1 is 1.31 bits per heavy atom. The number of hydrogen-bond acceptors (Lipinski definition) is 2. The highest BCUT2D eigenvalue weighted by Gasteiger charge is 1.99. The van der Waals surface area contributed by atoms with Crippen LogP contribution in [0.2, 0.25) is 0 Å². The van der Waals surface area contributed by atoms with Crippen molar-refractivity contribution in [2.24, 2.45) is 5.92 Å². The van der Waals surface area contributed by atoms with Crippen LogP contribution in [-0.4, -0.2) is 6.54 Å². The first-order valence-electron chi connectivity index (χ1n) is 5.88. The minimum atomic E-state index is 0.803. The highest BCUT2D eigenvalue weighted by Crippen LogP contribution is 2.22. The summed E-state index contributed by atoms with van der Waals surface area (Å²) in [5, 5.41) is 3.37. The van der Waals surface area contributed by atoms with E-state index in [1.807, 2.05) is 18.2 Å². The molecule has 90 valence electrons. The summed E-state index contributed by atoms with van der Waals surface area (Å²) in [6, 6.07) is 5.95. The van der Waals surface area contributed by atoms with Crippen LogP contribution < -0.4 is 11.1 Å². The van der Waals surface area contributed by atoms with E-state index in [2.05, 4.69) is 35.1 Å². The minimum absolute atomic E-state index is 0.803. The third kappa shape index (κ3) is 4.88. The third-order valence-corrected chi connectivity index (χ3v) is 3.03. The lowest BCUT2D eigenvalue weighted by Crippen LogP contribution is -2.04. The molecule has 2 nitrogen and oxygen atoms in total. The molecule has 0 aliphatic carbocycles. The van der Waals surface area contributed by atoms with Gasteiger partial charge in [0, 0.05) is 11.0 Å². The van der Waals surface area contributed by atoms with Crippen molar-refractivity contribution in [3.8, 4) is 0 Å². The molecule has 0 unspecified atom stereocenters. The quantitative estimate of drug-likeness (QED) is 0.605. The Hall–Kier alpha value is -0.700. The average molecular weight is 285 g/mol. The number of nitrogens with two attached hydrogens (primary N) is 1. The van der Waals surface area contributed by atoms with Gasteiger partial charge in [-0.25, -0.2) is 0 Å². The van der Waals surface area contributed by atoms with Gasteiger partial charge in [0.1, 0.15) is 0 Å². The number of unbranched alkanes of at least 4 members (excludes halogenated alkanes) is 1. The molecular weight excluding hydrogens is 264 g/mol. The summed E-state index contributed by atoms with van der Waals surface area (Å²) < 4.78 is 1.02. The lowest BCUT2D eigenvalue weighted by Gasteiger charge is -2.10. The van der Waals surface area contributed by atoms with Gasteiger partial charge in [-0.15, -0.1) is 0 Å². The van der Waals surface area contributed by atoms with Gasteiger partial charge in [-0.3, -0.25) is 0 Å². The molecule has 1 rings (SSSR count). The number of halogens is 1. The fourth-order valence-corrected chi connectivity index (χ4v) is 1.97. The SMILES string of the molecule is CC(C)CCCCNc1ccc(Br)cc1N. The number of benzene rings is 1. The summed E-state index contributed by atoms with van der Waals surface area (Å²) in [5.74, 6) is 0.803. The van der Waals surface area contributed by atoms with E-state index in [0.29, 0.717) is 0 Å². The molecule has 0 saturated carbocycles. The maximum atomic E-state index is 5.89. The number of rotatable bonds is 6. The molecule has 1 aromatic rings. The van der Waals surface area contributed by atoms with E-state index in [0.717, 1.165) is 28.3 Å². The van der Waals surface area contributed by atoms with Crippen molar-refractivity contribution in [1.82, 2.24) is 0 Å². The molecule has 0 heterocycles. The van der Waals surface area contributed by atoms with Crippen LogP contribution in [0.25, 0.3) is 0 Å². The summed E-state index contributed by atoms with van der Waals surface area (Å²) in [6.07, 6.45) is 3.78. The molecule has 1 aromatic carbocycles. The summed E-state index contributed by atoms with van der Waals surface area (Å²) >= 11 is 3.40. The highest BCUT2D eigenvalue weighted by molar-refractivity contribution is 9.10. The van der Waals surface area contributed by atoms with Gasteiger partial charge in [-0.05, 0) is 30.5 Å². The van der Waals surface area contributed by atoms with Crippen LogP contribution in [0.5, 0.6) is 0 Å². The Morgan fingerprint density at radius 2 is 2.06 bits per heavy atom. The molecule has 3 N–H and O–H groups in total. The molecule has 0 spiro atoms. The number of hydrogen-bond donors (Lipinski definition) is 2. The number of nitrogen functional groups attached to an aromatic ring is 1. The van der Waals surface area contributed by atoms with Gasteiger partial charge in [0.05, 0.1) is 11.4 Å². The zero-order chi connectivity index (χ0) is 12.0. The normalized spacial score (nSPS) is 10.8. The second-order valence-electron chi connectivity index (χ2n) is 4.55. The molecule has 0 aliphatic heterocycles. The molecule has 0 radical (unpaired) electrons. The summed E-state index contributed by atoms with van der Waals surface area (Å²) in [4.78, 5) is 0. The summed E-state index contributed by atoms with van der Waals surface area (Å²) in [7, 11) is 0. The maximum Gasteiger partial charge on any atom is 0.0574 e. The molecule has 0 aromatic heterocycles. The molecule has 0 amide bonds. The Morgan fingerprint density at radius 3 is 2.69 bits per heavy atom. The predicted octanol–water partition coefficient (Wildman–Crippen LogP) is 4.27. The fraction of sp³-hybridized carbons (Fsp3) is 0.538. The van der Waals surface area contributed by atoms with Gasteiger partial charge >= 0.3 is 0 Å². The van der Waals surface area contributed by atoms with Gasteiger partial charge in [0.25, 0.3) is 0 Å². The minimum Gasteiger partial charge on any atom is -0.397 e. The molecule has 16 heavy (non-hydrogen) atoms. The molecular formula is C13H21BrN2. The van der Waals surface area contributed by atoms with E-state index in [1.54, 1.807) is 0 Å². The summed E-state index contributed by atoms with van der Waals surface area (Å²) in [6.45, 7) is 5.53. The first-order chi connectivity index (χ1) is 7.59. The lowest BCUT2D eigenvalue weighted by molar-refractivity contribution is 0.545. The van der Waals surface area contributed by atoms with Crippen molar-refractivity contribution in [2.45, 2.75) is 33.1 Å². The molecule has 0 saturated heterocycles. The van der Waals surface area contributed by atoms with Crippen LogP contribution in [0.1, 0.15) is 33.1 Å². The highest BCUT2D eigenvalue weighted by atomic mass is 79.9. The fourth-order valence-electron chi connectivity index (χ4n) is 1.60. The Labute approximate surface area is 107 Å². The second kappa shape index (κ2) is 6.79. The van der Waals surface area contributed by atoms with E-state index in [1.165, 1.54) is 19.3 Å². The van der Waals surface area contributed by atoms with Crippen LogP contribution in [-0.2, 0) is 0 Å². The smallest absolute Gasteiger partial charge is 0.0574 e. The molecule has 3 heteroatoms. The van der Waals surface area contributed by atoms with Gasteiger partial charge in [0.2, 0.25) is 0 Å². The van der Waals surface area contributed by atoms with Crippen molar-refractivity contribution < 1.29 is 0 Å². The van der Waals surface area contributed by atoms with Crippen LogP contribution in [0.3, 0.4) is 0 Å². The van der Waals surface area contributed by atoms with Crippen molar-refractivity contribution in [1.29, 1.82) is 0 Å². The number of anilines is 2. The van der Waals surface area contributed by atoms with Gasteiger partial charge in [-0.1, -0.05) is 42.6 Å². The lowest BCUT2D eigenvalue weighted by atomic mass is 10.1. The maximum absolute atomic E-state index is 5.89. The average Bonchev–Trinajstić information content (AvgIpc) is 2.20. The van der Waals surface area contributed by atoms with E-state index in [9.17, 15) is 0 Å². The standard InChI is InChI=1S/C13H21BrN2/c1-10(2)5-3-4-8-16-13-7-6-11(14)9-12(13)15/h6-7,9-10,16H,3-5,8,15H2,1-2H3. The van der Waals surface area contributed by atoms with Gasteiger partial charge in [-0.2, -0.15) is 0 Å². The van der Waals surface area contributed by atoms with E-state index < -0.39 is 0 Å². The first kappa shape index (κ1) is 13.4. The van der Waals surface area contributed by atoms with Crippen LogP contribution >= 0.6 is 15.9 Å². The van der Waals surface area contributed by atoms with Crippen molar-refractivity contribution in [3.05, 3.63) is 22.7 Å². The zero-order valence-corrected chi connectivity index (χ0v) is 11.7. The monoisotopic (exact) mass is 284 g/mol. The predicted molar refractivity (Wildman–Crippen MR) is 75.7 cm³/mol. The van der Waals surface area contributed by atoms with Gasteiger partial charge < -0.3 is 11.1 Å². The second-order valence-corrected chi connectivity index (χ2v) is 5.46. The first-order valence-corrected chi connectivity index (χ1v) is 6.68. The van der Waals surface area contributed by atoms with Crippen molar-refractivity contribution in [2.75, 3.05) is 17.6 Å². The van der Waals surface area contributed by atoms with E-state index in [4.69, 9.17) is 5.73 Å². The molecule has 0 aliphatic rings. The molecule has 0 bridgehead atoms. The van der Waals surface area contributed by atoms with Crippen LogP contribution in [0, 0.1) is 5.92 Å². The molecule has 0 fully saturated rings. The number of nitrogens with one attached hydrogen (secondary N) is 1. The van der Waals surface area contributed by atoms with E-state index >= 15 is 0 Å². The van der Waals surface area contributed by atoms with Gasteiger partial charge in [0.15, 0.2) is 0 Å². The Kier molecular flexibility index (Phi) is 5.67. The third-order valence-electron chi connectivity index (χ3n) is 2.54. The van der Waals surface area contributed by atoms with E-state index in [-0.39, 0.29) is 0 Å². The van der Waals surface area contributed by atoms with Crippen molar-refractivity contribution >= 4 is 27.3 Å².